The first-order chi connectivity index (χ1) is 16.7. The molecule has 2 heteroatoms. The van der Waals surface area contributed by atoms with Gasteiger partial charge in [0.1, 0.15) is 0 Å². The van der Waals surface area contributed by atoms with Crippen molar-refractivity contribution in [3.63, 3.8) is 0 Å². The zero-order chi connectivity index (χ0) is 23.4. The third-order valence-electron chi connectivity index (χ3n) is 9.95. The first kappa shape index (κ1) is 24.4. The fourth-order valence-electron chi connectivity index (χ4n) is 8.57. The van der Waals surface area contributed by atoms with Gasteiger partial charge in [0.2, 0.25) is 0 Å². The number of ether oxygens (including phenoxy) is 1. The maximum absolute atomic E-state index is 5.87. The molecule has 0 atom stereocenters. The average Bonchev–Trinajstić information content (AvgIpc) is 2.91. The Balaban J connectivity index is 1.68. The molecule has 0 N–H and O–H groups in total. The van der Waals surface area contributed by atoms with E-state index in [-0.39, 0.29) is 0 Å². The molecule has 0 aliphatic heterocycles. The van der Waals surface area contributed by atoms with Crippen LogP contribution >= 0.6 is 7.26 Å². The minimum atomic E-state index is -1.72. The van der Waals surface area contributed by atoms with Crippen molar-refractivity contribution in [2.75, 3.05) is 7.11 Å². The van der Waals surface area contributed by atoms with Gasteiger partial charge in [-0.3, -0.25) is 0 Å². The van der Waals surface area contributed by atoms with Crippen molar-refractivity contribution < 1.29 is 4.74 Å². The van der Waals surface area contributed by atoms with Gasteiger partial charge in [-0.1, -0.05) is 0 Å². The number of aryl methyl sites for hydroxylation is 1. The van der Waals surface area contributed by atoms with Crippen LogP contribution < -0.4 is 10.0 Å². The molecule has 2 aromatic rings. The molecule has 3 aliphatic carbocycles. The van der Waals surface area contributed by atoms with Crippen molar-refractivity contribution in [2.45, 2.75) is 120 Å². The van der Waals surface area contributed by atoms with Crippen LogP contribution in [0, 0.1) is 6.92 Å². The number of methoxy groups -OCH3 is 1. The second-order valence-corrected chi connectivity index (χ2v) is 16.6. The molecular formula is C32H47OP. The predicted octanol–water partition coefficient (Wildman–Crippen LogP) is 9.04. The van der Waals surface area contributed by atoms with E-state index in [1.807, 2.05) is 12.4 Å². The molecule has 186 valence electrons. The van der Waals surface area contributed by atoms with Crippen molar-refractivity contribution in [3.05, 3.63) is 48.0 Å². The molecule has 3 saturated carbocycles. The van der Waals surface area contributed by atoms with Gasteiger partial charge in [0, 0.05) is 0 Å². The normalized spacial score (nSPS) is 21.9. The number of hydrogen-bond donors (Lipinski definition) is 0. The molecule has 3 aliphatic rings. The molecule has 0 heterocycles. The topological polar surface area (TPSA) is 9.23 Å². The second kappa shape index (κ2) is 11.2. The summed E-state index contributed by atoms with van der Waals surface area (Å²) in [5.41, 5.74) is 7.04. The molecule has 3 fully saturated rings. The Morgan fingerprint density at radius 2 is 1.15 bits per heavy atom. The van der Waals surface area contributed by atoms with E-state index >= 15 is 0 Å². The summed E-state index contributed by atoms with van der Waals surface area (Å²) in [4.78, 5) is 0. The maximum atomic E-state index is 5.87. The van der Waals surface area contributed by atoms with Crippen LogP contribution in [-0.2, 0) is 0 Å². The molecule has 1 nitrogen and oxygen atoms in total. The Labute approximate surface area is 209 Å². The van der Waals surface area contributed by atoms with Gasteiger partial charge in [0.25, 0.3) is 0 Å². The summed E-state index contributed by atoms with van der Waals surface area (Å²) in [6.45, 7) is 2.25. The zero-order valence-corrected chi connectivity index (χ0v) is 22.8. The van der Waals surface area contributed by atoms with Gasteiger partial charge in [-0.25, -0.2) is 0 Å². The molecule has 34 heavy (non-hydrogen) atoms. The van der Waals surface area contributed by atoms with Crippen molar-refractivity contribution in [1.29, 1.82) is 0 Å². The fraction of sp³-hybridized carbons (Fsp3) is 0.625. The van der Waals surface area contributed by atoms with E-state index < -0.39 is 7.26 Å². The Bertz CT molecular complexity index is 886. The summed E-state index contributed by atoms with van der Waals surface area (Å²) in [7, 11) is 0.107. The van der Waals surface area contributed by atoms with Gasteiger partial charge in [-0.05, 0) is 0 Å². The molecular weight excluding hydrogens is 431 g/mol. The fourth-order valence-corrected chi connectivity index (χ4v) is 16.9. The monoisotopic (exact) mass is 478 g/mol. The van der Waals surface area contributed by atoms with E-state index in [0.29, 0.717) is 0 Å². The van der Waals surface area contributed by atoms with Gasteiger partial charge in [0.15, 0.2) is 0 Å². The summed E-state index contributed by atoms with van der Waals surface area (Å²) in [5.74, 6) is 1.03. The van der Waals surface area contributed by atoms with Gasteiger partial charge >= 0.3 is 210 Å². The summed E-state index contributed by atoms with van der Waals surface area (Å²) in [5, 5.41) is 1.82. The van der Waals surface area contributed by atoms with Crippen LogP contribution in [0.4, 0.5) is 0 Å². The zero-order valence-electron chi connectivity index (χ0n) is 21.8. The Kier molecular flexibility index (Phi) is 8.00. The molecule has 0 radical (unpaired) electrons. The van der Waals surface area contributed by atoms with Crippen LogP contribution in [0.15, 0.2) is 42.5 Å². The van der Waals surface area contributed by atoms with Crippen LogP contribution in [0.3, 0.4) is 0 Å². The number of rotatable bonds is 6. The van der Waals surface area contributed by atoms with Crippen molar-refractivity contribution >= 4 is 12.6 Å². The van der Waals surface area contributed by atoms with E-state index in [4.69, 9.17) is 4.74 Å². The van der Waals surface area contributed by atoms with E-state index in [9.17, 15) is 0 Å². The van der Waals surface area contributed by atoms with Crippen LogP contribution in [0.5, 0.6) is 5.75 Å². The standard InChI is InChI=1S/C32H47OP/c1-25-14-12-23-31(33-2)32(25)26-15-13-22-30(24-26)34(27-16-6-3-7-17-27,28-18-8-4-9-19-28)29-20-10-5-11-21-29/h12-15,22-24,27-29,34H,3-11,16-21H2,1-2H3. The molecule has 0 aromatic heterocycles. The van der Waals surface area contributed by atoms with Gasteiger partial charge in [-0.15, -0.1) is 0 Å². The molecule has 0 amide bonds. The van der Waals surface area contributed by atoms with E-state index in [1.54, 1.807) is 0 Å². The van der Waals surface area contributed by atoms with E-state index in [2.05, 4.69) is 49.4 Å². The van der Waals surface area contributed by atoms with Crippen LogP contribution in [0.1, 0.15) is 102 Å². The summed E-state index contributed by atoms with van der Waals surface area (Å²) in [6, 6.07) is 16.6. The van der Waals surface area contributed by atoms with Crippen LogP contribution in [0.2, 0.25) is 0 Å². The first-order valence-corrected chi connectivity index (χ1v) is 16.7. The van der Waals surface area contributed by atoms with Crippen molar-refractivity contribution in [2.24, 2.45) is 0 Å². The van der Waals surface area contributed by atoms with E-state index in [0.717, 1.165) is 22.7 Å². The van der Waals surface area contributed by atoms with Crippen molar-refractivity contribution in [1.82, 2.24) is 0 Å². The second-order valence-electron chi connectivity index (χ2n) is 11.7. The summed E-state index contributed by atoms with van der Waals surface area (Å²) < 4.78 is 5.87. The third kappa shape index (κ3) is 4.59. The van der Waals surface area contributed by atoms with Crippen molar-refractivity contribution in [3.8, 4) is 16.9 Å². The minimum absolute atomic E-state index is 1.00. The number of benzene rings is 2. The van der Waals surface area contributed by atoms with Crippen LogP contribution in [0.25, 0.3) is 11.1 Å². The van der Waals surface area contributed by atoms with E-state index in [1.165, 1.54) is 113 Å². The number of hydrogen-bond acceptors (Lipinski definition) is 1. The first-order valence-electron chi connectivity index (χ1n) is 14.5. The Hall–Kier alpha value is -1.33. The quantitative estimate of drug-likeness (QED) is 0.376. The predicted molar refractivity (Wildman–Crippen MR) is 152 cm³/mol. The summed E-state index contributed by atoms with van der Waals surface area (Å²) in [6.07, 6.45) is 22.3. The van der Waals surface area contributed by atoms with Crippen LogP contribution in [-0.4, -0.2) is 24.1 Å². The Morgan fingerprint density at radius 3 is 1.65 bits per heavy atom. The average molecular weight is 479 g/mol. The summed E-state index contributed by atoms with van der Waals surface area (Å²) >= 11 is 0. The third-order valence-corrected chi connectivity index (χ3v) is 17.0. The van der Waals surface area contributed by atoms with Gasteiger partial charge in [0.05, 0.1) is 0 Å². The molecule has 0 bridgehead atoms. The molecule has 0 unspecified atom stereocenters. The van der Waals surface area contributed by atoms with Gasteiger partial charge in [-0.2, -0.15) is 0 Å². The molecule has 0 saturated heterocycles. The molecule has 5 rings (SSSR count). The molecule has 0 spiro atoms. The Morgan fingerprint density at radius 1 is 0.647 bits per heavy atom. The molecule has 2 aromatic carbocycles. The van der Waals surface area contributed by atoms with Gasteiger partial charge < -0.3 is 0 Å². The SMILES string of the molecule is COc1cccc(C)c1-c1cccc([PH](C2CCCCC2)(C2CCCCC2)C2CCCCC2)c1.